The predicted molar refractivity (Wildman–Crippen MR) is 103 cm³/mol. The van der Waals surface area contributed by atoms with Gasteiger partial charge in [0, 0.05) is 38.1 Å². The van der Waals surface area contributed by atoms with E-state index in [1.807, 2.05) is 10.8 Å². The highest BCUT2D eigenvalue weighted by Gasteiger charge is 2.41. The Morgan fingerprint density at radius 3 is 2.52 bits per heavy atom. The number of piperidine rings is 1. The minimum absolute atomic E-state index is 0.258. The third-order valence-corrected chi connectivity index (χ3v) is 8.64. The zero-order valence-electron chi connectivity index (χ0n) is 16.0. The van der Waals surface area contributed by atoms with E-state index in [4.69, 9.17) is 0 Å². The van der Waals surface area contributed by atoms with Crippen LogP contribution in [-0.4, -0.2) is 52.6 Å². The van der Waals surface area contributed by atoms with Crippen molar-refractivity contribution in [1.29, 1.82) is 0 Å². The Morgan fingerprint density at radius 2 is 1.85 bits per heavy atom. The van der Waals surface area contributed by atoms with Crippen LogP contribution >= 0.6 is 0 Å². The third kappa shape index (κ3) is 4.39. The van der Waals surface area contributed by atoms with Gasteiger partial charge in [0.15, 0.2) is 0 Å². The Kier molecular flexibility index (Phi) is 5.60. The summed E-state index contributed by atoms with van der Waals surface area (Å²) in [6.45, 7) is 1.98. The maximum Gasteiger partial charge on any atom is 0.279 e. The Balaban J connectivity index is 1.32. The van der Waals surface area contributed by atoms with E-state index >= 15 is 0 Å². The van der Waals surface area contributed by atoms with E-state index in [9.17, 15) is 13.5 Å². The molecule has 7 nitrogen and oxygen atoms in total. The molecule has 1 aliphatic heterocycles. The minimum atomic E-state index is -3.54. The van der Waals surface area contributed by atoms with Crippen molar-refractivity contribution in [2.75, 3.05) is 13.1 Å². The van der Waals surface area contributed by atoms with E-state index in [0.29, 0.717) is 31.3 Å². The molecule has 0 amide bonds. The number of hydrogen-bond donors (Lipinski definition) is 2. The molecule has 0 radical (unpaired) electrons. The minimum Gasteiger partial charge on any atom is -0.391 e. The van der Waals surface area contributed by atoms with Crippen LogP contribution in [0.2, 0.25) is 0 Å². The van der Waals surface area contributed by atoms with Crippen molar-refractivity contribution in [1.82, 2.24) is 18.6 Å². The Morgan fingerprint density at radius 1 is 1.11 bits per heavy atom. The van der Waals surface area contributed by atoms with Crippen molar-refractivity contribution in [2.24, 2.45) is 11.3 Å². The molecule has 2 aliphatic carbocycles. The number of rotatable bonds is 5. The SMILES string of the molecule is O=S(=O)(N[C@@H]1CC(Cn2ccnc2)C[C@H]1O)N1CCC2(CCCCC2)CC1. The number of aliphatic hydroxyl groups excluding tert-OH is 1. The molecule has 3 atom stereocenters. The van der Waals surface area contributed by atoms with Crippen LogP contribution in [0.25, 0.3) is 0 Å². The Hall–Kier alpha value is -0.960. The third-order valence-electron chi connectivity index (χ3n) is 6.99. The molecule has 2 saturated carbocycles. The lowest BCUT2D eigenvalue weighted by atomic mass is 9.68. The van der Waals surface area contributed by atoms with Crippen LogP contribution in [-0.2, 0) is 16.8 Å². The summed E-state index contributed by atoms with van der Waals surface area (Å²) in [6, 6.07) is -0.394. The van der Waals surface area contributed by atoms with E-state index in [0.717, 1.165) is 19.4 Å². The fourth-order valence-electron chi connectivity index (χ4n) is 5.36. The van der Waals surface area contributed by atoms with Crippen molar-refractivity contribution in [3.05, 3.63) is 18.7 Å². The van der Waals surface area contributed by atoms with Crippen LogP contribution in [0.3, 0.4) is 0 Å². The van der Waals surface area contributed by atoms with Crippen LogP contribution in [0.4, 0.5) is 0 Å². The summed E-state index contributed by atoms with van der Waals surface area (Å²) in [7, 11) is -3.54. The van der Waals surface area contributed by atoms with E-state index < -0.39 is 22.4 Å². The zero-order valence-corrected chi connectivity index (χ0v) is 16.8. The number of imidazole rings is 1. The lowest BCUT2D eigenvalue weighted by Crippen LogP contribution is -2.51. The average molecular weight is 397 g/mol. The van der Waals surface area contributed by atoms with Gasteiger partial charge in [0.1, 0.15) is 0 Å². The highest BCUT2D eigenvalue weighted by Crippen LogP contribution is 2.44. The van der Waals surface area contributed by atoms with E-state index in [1.54, 1.807) is 16.8 Å². The van der Waals surface area contributed by atoms with Crippen molar-refractivity contribution in [3.8, 4) is 0 Å². The number of hydrogen-bond acceptors (Lipinski definition) is 4. The first-order valence-corrected chi connectivity index (χ1v) is 11.8. The monoisotopic (exact) mass is 396 g/mol. The fraction of sp³-hybridized carbons (Fsp3) is 0.842. The van der Waals surface area contributed by atoms with Gasteiger partial charge in [0.25, 0.3) is 10.2 Å². The van der Waals surface area contributed by atoms with Crippen LogP contribution in [0.15, 0.2) is 18.7 Å². The normalized spacial score (nSPS) is 32.1. The van der Waals surface area contributed by atoms with Crippen LogP contribution < -0.4 is 4.72 Å². The van der Waals surface area contributed by atoms with Gasteiger partial charge < -0.3 is 9.67 Å². The van der Waals surface area contributed by atoms with E-state index in [-0.39, 0.29) is 5.92 Å². The average Bonchev–Trinajstić information content (AvgIpc) is 3.26. The first-order chi connectivity index (χ1) is 13.0. The molecule has 3 fully saturated rings. The maximum atomic E-state index is 12.9. The van der Waals surface area contributed by atoms with Gasteiger partial charge in [-0.1, -0.05) is 19.3 Å². The highest BCUT2D eigenvalue weighted by molar-refractivity contribution is 7.87. The molecule has 1 spiro atoms. The lowest BCUT2D eigenvalue weighted by molar-refractivity contribution is 0.101. The molecule has 8 heteroatoms. The molecule has 1 saturated heterocycles. The zero-order chi connectivity index (χ0) is 18.9. The van der Waals surface area contributed by atoms with Crippen LogP contribution in [0, 0.1) is 11.3 Å². The molecule has 1 unspecified atom stereocenters. The summed E-state index contributed by atoms with van der Waals surface area (Å²) in [5.74, 6) is 0.258. The lowest BCUT2D eigenvalue weighted by Gasteiger charge is -2.43. The number of aliphatic hydroxyl groups is 1. The van der Waals surface area contributed by atoms with Crippen molar-refractivity contribution in [2.45, 2.75) is 76.5 Å². The van der Waals surface area contributed by atoms with Crippen molar-refractivity contribution >= 4 is 10.2 Å². The summed E-state index contributed by atoms with van der Waals surface area (Å²) in [5, 5.41) is 10.4. The number of aromatic nitrogens is 2. The molecular weight excluding hydrogens is 364 g/mol. The van der Waals surface area contributed by atoms with Gasteiger partial charge in [-0.2, -0.15) is 17.4 Å². The number of nitrogens with one attached hydrogen (secondary N) is 1. The first kappa shape index (κ1) is 19.4. The molecule has 27 heavy (non-hydrogen) atoms. The molecule has 4 rings (SSSR count). The van der Waals surface area contributed by atoms with Gasteiger partial charge >= 0.3 is 0 Å². The second kappa shape index (κ2) is 7.81. The number of nitrogens with zero attached hydrogens (tertiary/aromatic N) is 3. The summed E-state index contributed by atoms with van der Waals surface area (Å²) in [5.41, 5.74) is 0.382. The Bertz CT molecular complexity index is 705. The molecule has 1 aromatic heterocycles. The quantitative estimate of drug-likeness (QED) is 0.796. The second-order valence-electron chi connectivity index (χ2n) is 8.85. The maximum absolute atomic E-state index is 12.9. The molecule has 2 N–H and O–H groups in total. The van der Waals surface area contributed by atoms with Crippen LogP contribution in [0.1, 0.15) is 57.8 Å². The molecule has 152 valence electrons. The predicted octanol–water partition coefficient (Wildman–Crippen LogP) is 1.90. The highest BCUT2D eigenvalue weighted by atomic mass is 32.2. The van der Waals surface area contributed by atoms with Gasteiger partial charge in [-0.15, -0.1) is 0 Å². The molecule has 3 aliphatic rings. The van der Waals surface area contributed by atoms with E-state index in [2.05, 4.69) is 9.71 Å². The molecule has 2 heterocycles. The van der Waals surface area contributed by atoms with Crippen molar-refractivity contribution < 1.29 is 13.5 Å². The van der Waals surface area contributed by atoms with Gasteiger partial charge in [-0.3, -0.25) is 0 Å². The standard InChI is InChI=1S/C19H32N4O3S/c24-18-13-16(14-22-11-8-20-15-22)12-17(18)21-27(25,26)23-9-6-19(7-10-23)4-2-1-3-5-19/h8,11,15-18,21,24H,1-7,9-10,12-14H2/t16?,17-,18-/m1/s1. The fourth-order valence-corrected chi connectivity index (χ4v) is 6.80. The molecule has 0 bridgehead atoms. The van der Waals surface area contributed by atoms with Gasteiger partial charge in [0.05, 0.1) is 12.4 Å². The first-order valence-electron chi connectivity index (χ1n) is 10.4. The molecule has 0 aromatic carbocycles. The molecule has 1 aromatic rings. The van der Waals surface area contributed by atoms with Crippen molar-refractivity contribution in [3.63, 3.8) is 0 Å². The summed E-state index contributed by atoms with van der Waals surface area (Å²) in [4.78, 5) is 4.04. The topological polar surface area (TPSA) is 87.5 Å². The van der Waals surface area contributed by atoms with Gasteiger partial charge in [0.2, 0.25) is 0 Å². The van der Waals surface area contributed by atoms with Gasteiger partial charge in [-0.25, -0.2) is 4.98 Å². The van der Waals surface area contributed by atoms with Gasteiger partial charge in [-0.05, 0) is 49.9 Å². The van der Waals surface area contributed by atoms with Crippen LogP contribution in [0.5, 0.6) is 0 Å². The summed E-state index contributed by atoms with van der Waals surface area (Å²) in [6.07, 6.45) is 14.4. The summed E-state index contributed by atoms with van der Waals surface area (Å²) < 4.78 is 32.1. The smallest absolute Gasteiger partial charge is 0.279 e. The molecular formula is C19H32N4O3S. The summed E-state index contributed by atoms with van der Waals surface area (Å²) >= 11 is 0. The second-order valence-corrected chi connectivity index (χ2v) is 10.6. The van der Waals surface area contributed by atoms with E-state index in [1.165, 1.54) is 32.1 Å². The Labute approximate surface area is 162 Å². The largest absolute Gasteiger partial charge is 0.391 e.